The third kappa shape index (κ3) is 5.63. The van der Waals surface area contributed by atoms with Gasteiger partial charge in [-0.05, 0) is 73.3 Å². The van der Waals surface area contributed by atoms with Crippen molar-refractivity contribution in [3.05, 3.63) is 36.3 Å². The Morgan fingerprint density at radius 3 is 2.18 bits per heavy atom. The van der Waals surface area contributed by atoms with E-state index in [9.17, 15) is 0 Å². The maximum atomic E-state index is 4.53. The van der Waals surface area contributed by atoms with Crippen LogP contribution in [0.1, 0.15) is 47.5 Å². The number of piperidine rings is 1. The lowest BCUT2D eigenvalue weighted by Gasteiger charge is -2.43. The Morgan fingerprint density at radius 2 is 1.75 bits per heavy atom. The molecule has 0 spiro atoms. The minimum Gasteiger partial charge on any atom is -0.370 e. The fourth-order valence-electron chi connectivity index (χ4n) is 3.68. The van der Waals surface area contributed by atoms with Crippen LogP contribution in [0.25, 0.3) is 0 Å². The minimum absolute atomic E-state index is 0.185. The molecule has 1 saturated heterocycles. The molecule has 0 aromatic heterocycles. The van der Waals surface area contributed by atoms with Gasteiger partial charge < -0.3 is 19.6 Å². The van der Waals surface area contributed by atoms with Crippen molar-refractivity contribution < 1.29 is 0 Å². The lowest BCUT2D eigenvalue weighted by Crippen LogP contribution is -2.45. The van der Waals surface area contributed by atoms with Crippen LogP contribution < -0.4 is 0 Å². The summed E-state index contributed by atoms with van der Waals surface area (Å²) in [6, 6.07) is 0.659. The minimum atomic E-state index is -0.185. The lowest BCUT2D eigenvalue weighted by molar-refractivity contribution is 0.168. The molecule has 0 aromatic rings. The summed E-state index contributed by atoms with van der Waals surface area (Å²) in [6.07, 6.45) is 6.21. The second-order valence-electron chi connectivity index (χ2n) is 8.35. The molecule has 1 aliphatic heterocycles. The lowest BCUT2D eigenvalue weighted by atomic mass is 9.90. The molecule has 1 fully saturated rings. The first kappa shape index (κ1) is 24.3. The van der Waals surface area contributed by atoms with Crippen LogP contribution >= 0.6 is 0 Å². The van der Waals surface area contributed by atoms with E-state index in [-0.39, 0.29) is 5.54 Å². The summed E-state index contributed by atoms with van der Waals surface area (Å²) in [7, 11) is 6.45. The van der Waals surface area contributed by atoms with E-state index in [2.05, 4.69) is 93.5 Å². The molecule has 0 atom stereocenters. The molecule has 160 valence electrons. The van der Waals surface area contributed by atoms with Gasteiger partial charge in [0.25, 0.3) is 0 Å². The van der Waals surface area contributed by atoms with Crippen molar-refractivity contribution in [2.24, 2.45) is 4.99 Å². The van der Waals surface area contributed by atoms with Gasteiger partial charge in [0.1, 0.15) is 0 Å². The van der Waals surface area contributed by atoms with Gasteiger partial charge in [-0.3, -0.25) is 4.99 Å². The molecule has 0 unspecified atom stereocenters. The van der Waals surface area contributed by atoms with Gasteiger partial charge in [0.15, 0.2) is 0 Å². The van der Waals surface area contributed by atoms with Crippen LogP contribution in [-0.2, 0) is 0 Å². The van der Waals surface area contributed by atoms with Crippen molar-refractivity contribution in [1.29, 1.82) is 0 Å². The molecule has 1 heterocycles. The zero-order valence-electron chi connectivity index (χ0n) is 19.6. The van der Waals surface area contributed by atoms with E-state index in [0.29, 0.717) is 6.04 Å². The molecular formula is C23H43N5. The summed E-state index contributed by atoms with van der Waals surface area (Å²) >= 11 is 0. The van der Waals surface area contributed by atoms with E-state index in [1.807, 2.05) is 12.5 Å². The van der Waals surface area contributed by atoms with Gasteiger partial charge in [0.05, 0.1) is 23.3 Å². The zero-order valence-corrected chi connectivity index (χ0v) is 19.6. The van der Waals surface area contributed by atoms with Crippen molar-refractivity contribution in [3.8, 4) is 0 Å². The Morgan fingerprint density at radius 1 is 1.18 bits per heavy atom. The number of nitrogens with zero attached hydrogens (tertiary/aromatic N) is 5. The Hall–Kier alpha value is -1.75. The van der Waals surface area contributed by atoms with Crippen LogP contribution in [0.2, 0.25) is 0 Å². The summed E-state index contributed by atoms with van der Waals surface area (Å²) in [5.41, 5.74) is 3.38. The predicted molar refractivity (Wildman–Crippen MR) is 124 cm³/mol. The summed E-state index contributed by atoms with van der Waals surface area (Å²) < 4.78 is 0. The van der Waals surface area contributed by atoms with Gasteiger partial charge in [-0.1, -0.05) is 13.2 Å². The normalized spacial score (nSPS) is 17.1. The molecule has 0 saturated carbocycles. The molecule has 0 aromatic carbocycles. The average molecular weight is 390 g/mol. The van der Waals surface area contributed by atoms with Crippen LogP contribution in [0.3, 0.4) is 0 Å². The smallest absolute Gasteiger partial charge is 0.0854 e. The monoisotopic (exact) mass is 389 g/mol. The Kier molecular flexibility index (Phi) is 9.28. The first-order valence-corrected chi connectivity index (χ1v) is 10.6. The molecule has 5 nitrogen and oxygen atoms in total. The van der Waals surface area contributed by atoms with E-state index >= 15 is 0 Å². The van der Waals surface area contributed by atoms with Crippen LogP contribution in [0, 0.1) is 0 Å². The average Bonchev–Trinajstić information content (AvgIpc) is 2.68. The number of hydrogen-bond donors (Lipinski definition) is 0. The van der Waals surface area contributed by atoms with Crippen molar-refractivity contribution in [2.75, 3.05) is 47.3 Å². The van der Waals surface area contributed by atoms with Gasteiger partial charge in [-0.2, -0.15) is 0 Å². The third-order valence-corrected chi connectivity index (χ3v) is 6.29. The van der Waals surface area contributed by atoms with Crippen molar-refractivity contribution in [2.45, 2.75) is 59.0 Å². The van der Waals surface area contributed by atoms with E-state index in [0.717, 1.165) is 31.9 Å². The first-order valence-electron chi connectivity index (χ1n) is 10.6. The highest BCUT2D eigenvalue weighted by Gasteiger charge is 2.31. The topological polar surface area (TPSA) is 25.3 Å². The van der Waals surface area contributed by atoms with Crippen LogP contribution in [-0.4, -0.2) is 84.8 Å². The second kappa shape index (κ2) is 10.7. The highest BCUT2D eigenvalue weighted by molar-refractivity contribution is 5.57. The van der Waals surface area contributed by atoms with E-state index < -0.39 is 0 Å². The Labute approximate surface area is 174 Å². The van der Waals surface area contributed by atoms with Gasteiger partial charge >= 0.3 is 0 Å². The highest BCUT2D eigenvalue weighted by atomic mass is 15.2. The largest absolute Gasteiger partial charge is 0.370 e. The number of likely N-dealkylation sites (N-methyl/N-ethyl adjacent to an activating group) is 2. The van der Waals surface area contributed by atoms with Crippen molar-refractivity contribution >= 4 is 6.34 Å². The fraction of sp³-hybridized carbons (Fsp3) is 0.696. The molecule has 0 aliphatic carbocycles. The Bertz CT molecular complexity index is 580. The molecular weight excluding hydrogens is 346 g/mol. The summed E-state index contributed by atoms with van der Waals surface area (Å²) in [6.45, 7) is 23.3. The molecule has 28 heavy (non-hydrogen) atoms. The predicted octanol–water partition coefficient (Wildman–Crippen LogP) is 4.02. The molecule has 0 bridgehead atoms. The summed E-state index contributed by atoms with van der Waals surface area (Å²) in [4.78, 5) is 13.6. The molecule has 1 rings (SSSR count). The zero-order chi connectivity index (χ0) is 21.5. The Balaban J connectivity index is 3.24. The number of rotatable bonds is 10. The SMILES string of the molecule is C=CN(CC)/C(C(=C)N1CCC(N(C)C)CC1)=C(/C)C(C)(C)N(C)/C=N\CC. The molecule has 0 amide bonds. The maximum absolute atomic E-state index is 4.53. The van der Waals surface area contributed by atoms with Gasteiger partial charge in [0, 0.05) is 39.3 Å². The van der Waals surface area contributed by atoms with E-state index in [4.69, 9.17) is 0 Å². The standard InChI is InChI=1S/C23H43N5/c1-11-24-18-26(10)23(6,7)19(4)22(27(12-2)13-3)20(5)28-16-14-21(15-17-28)25(8)9/h12,18,21H,2,5,11,13-17H2,1,3-4,6-10H3/b22-19-,24-18-. The number of hydrogen-bond acceptors (Lipinski definition) is 4. The number of likely N-dealkylation sites (tertiary alicyclic amines) is 1. The molecule has 0 radical (unpaired) electrons. The second-order valence-corrected chi connectivity index (χ2v) is 8.35. The molecule has 1 aliphatic rings. The van der Waals surface area contributed by atoms with Gasteiger partial charge in [0.2, 0.25) is 0 Å². The van der Waals surface area contributed by atoms with Crippen LogP contribution in [0.5, 0.6) is 0 Å². The number of aliphatic imine (C=N–C) groups is 1. The van der Waals surface area contributed by atoms with Crippen molar-refractivity contribution in [3.63, 3.8) is 0 Å². The molecule has 0 N–H and O–H groups in total. The van der Waals surface area contributed by atoms with Gasteiger partial charge in [-0.25, -0.2) is 0 Å². The fourth-order valence-corrected chi connectivity index (χ4v) is 3.68. The van der Waals surface area contributed by atoms with E-state index in [1.165, 1.54) is 24.1 Å². The van der Waals surface area contributed by atoms with Gasteiger partial charge in [-0.15, -0.1) is 0 Å². The summed E-state index contributed by atoms with van der Waals surface area (Å²) in [5, 5.41) is 0. The quantitative estimate of drug-likeness (QED) is 0.320. The van der Waals surface area contributed by atoms with Crippen molar-refractivity contribution in [1.82, 2.24) is 19.6 Å². The van der Waals surface area contributed by atoms with Crippen LogP contribution in [0.15, 0.2) is 41.3 Å². The highest BCUT2D eigenvalue weighted by Crippen LogP contribution is 2.32. The van der Waals surface area contributed by atoms with Crippen LogP contribution in [0.4, 0.5) is 0 Å². The maximum Gasteiger partial charge on any atom is 0.0854 e. The molecule has 5 heteroatoms. The van der Waals surface area contributed by atoms with E-state index in [1.54, 1.807) is 0 Å². The summed E-state index contributed by atoms with van der Waals surface area (Å²) in [5.74, 6) is 0. The first-order chi connectivity index (χ1) is 13.1. The third-order valence-electron chi connectivity index (χ3n) is 6.29.